The second-order valence-corrected chi connectivity index (χ2v) is 8.04. The zero-order chi connectivity index (χ0) is 15.9. The van der Waals surface area contributed by atoms with Crippen LogP contribution < -0.4 is 10.2 Å². The lowest BCUT2D eigenvalue weighted by atomic mass is 10.1. The molecule has 1 aliphatic carbocycles. The van der Waals surface area contributed by atoms with Crippen molar-refractivity contribution in [3.63, 3.8) is 0 Å². The van der Waals surface area contributed by atoms with Gasteiger partial charge in [-0.25, -0.2) is 0 Å². The molecule has 1 saturated carbocycles. The lowest BCUT2D eigenvalue weighted by Gasteiger charge is -2.28. The van der Waals surface area contributed by atoms with E-state index in [-0.39, 0.29) is 5.91 Å². The summed E-state index contributed by atoms with van der Waals surface area (Å²) < 4.78 is 0. The maximum atomic E-state index is 12.2. The summed E-state index contributed by atoms with van der Waals surface area (Å²) in [5, 5.41) is 3.88. The molecule has 1 heterocycles. The fraction of sp³-hybridized carbons (Fsp3) is 0.632. The zero-order valence-electron chi connectivity index (χ0n) is 13.9. The van der Waals surface area contributed by atoms with Crippen molar-refractivity contribution in [1.29, 1.82) is 0 Å². The quantitative estimate of drug-likeness (QED) is 0.797. The number of anilines is 1. The highest BCUT2D eigenvalue weighted by molar-refractivity contribution is 7.99. The lowest BCUT2D eigenvalue weighted by Crippen LogP contribution is -2.29. The molecule has 4 heteroatoms. The van der Waals surface area contributed by atoms with E-state index in [1.54, 1.807) is 0 Å². The Balaban J connectivity index is 1.41. The Morgan fingerprint density at radius 3 is 2.43 bits per heavy atom. The molecule has 1 amide bonds. The molecule has 1 aromatic rings. The van der Waals surface area contributed by atoms with Crippen molar-refractivity contribution in [2.75, 3.05) is 30.3 Å². The Kier molecular flexibility index (Phi) is 6.26. The summed E-state index contributed by atoms with van der Waals surface area (Å²) in [5.41, 5.74) is 2.02. The first kappa shape index (κ1) is 16.7. The van der Waals surface area contributed by atoms with Gasteiger partial charge in [0, 0.05) is 41.9 Å². The largest absolute Gasteiger partial charge is 0.372 e. The maximum absolute atomic E-state index is 12.2. The van der Waals surface area contributed by atoms with Crippen LogP contribution in [0.2, 0.25) is 0 Å². The number of thioether (sulfide) groups is 1. The zero-order valence-corrected chi connectivity index (χ0v) is 14.7. The van der Waals surface area contributed by atoms with Crippen LogP contribution in [0.15, 0.2) is 24.3 Å². The molecule has 0 atom stereocenters. The first-order valence-corrected chi connectivity index (χ1v) is 10.1. The van der Waals surface area contributed by atoms with Gasteiger partial charge in [-0.2, -0.15) is 11.8 Å². The Hall–Kier alpha value is -1.16. The van der Waals surface area contributed by atoms with Crippen molar-refractivity contribution in [3.8, 4) is 0 Å². The van der Waals surface area contributed by atoms with Crippen molar-refractivity contribution in [3.05, 3.63) is 29.8 Å². The van der Waals surface area contributed by atoms with Crippen LogP contribution in [0.4, 0.5) is 5.69 Å². The number of hydrogen-bond acceptors (Lipinski definition) is 3. The first-order valence-electron chi connectivity index (χ1n) is 9.08. The average molecular weight is 333 g/mol. The predicted molar refractivity (Wildman–Crippen MR) is 99.6 cm³/mol. The molecule has 1 aromatic carbocycles. The molecule has 1 aliphatic heterocycles. The average Bonchev–Trinajstić information content (AvgIpc) is 3.13. The lowest BCUT2D eigenvalue weighted by molar-refractivity contribution is 0.0956. The third-order valence-electron chi connectivity index (χ3n) is 4.89. The van der Waals surface area contributed by atoms with E-state index >= 15 is 0 Å². The van der Waals surface area contributed by atoms with Gasteiger partial charge in [-0.15, -0.1) is 0 Å². The molecule has 23 heavy (non-hydrogen) atoms. The molecule has 1 saturated heterocycles. The smallest absolute Gasteiger partial charge is 0.251 e. The molecule has 3 nitrogen and oxygen atoms in total. The van der Waals surface area contributed by atoms with Gasteiger partial charge in [0.15, 0.2) is 0 Å². The Morgan fingerprint density at radius 2 is 1.74 bits per heavy atom. The molecule has 126 valence electrons. The van der Waals surface area contributed by atoms with Crippen LogP contribution in [0, 0.1) is 0 Å². The van der Waals surface area contributed by atoms with Crippen molar-refractivity contribution >= 4 is 23.4 Å². The van der Waals surface area contributed by atoms with Gasteiger partial charge in [-0.1, -0.05) is 12.8 Å². The van der Waals surface area contributed by atoms with Crippen LogP contribution in [-0.2, 0) is 0 Å². The number of nitrogens with one attached hydrogen (secondary N) is 1. The first-order chi connectivity index (χ1) is 11.3. The number of piperidine rings is 1. The van der Waals surface area contributed by atoms with Gasteiger partial charge in [0.05, 0.1) is 0 Å². The van der Waals surface area contributed by atoms with Crippen LogP contribution in [0.1, 0.15) is 55.3 Å². The van der Waals surface area contributed by atoms with Crippen LogP contribution in [0.5, 0.6) is 0 Å². The minimum Gasteiger partial charge on any atom is -0.372 e. The summed E-state index contributed by atoms with van der Waals surface area (Å²) in [6.45, 7) is 3.06. The highest BCUT2D eigenvalue weighted by atomic mass is 32.2. The van der Waals surface area contributed by atoms with Crippen molar-refractivity contribution in [1.82, 2.24) is 5.32 Å². The van der Waals surface area contributed by atoms with E-state index in [1.807, 2.05) is 23.9 Å². The van der Waals surface area contributed by atoms with Gasteiger partial charge in [-0.3, -0.25) is 4.79 Å². The molecule has 2 aliphatic rings. The van der Waals surface area contributed by atoms with Crippen molar-refractivity contribution < 1.29 is 4.79 Å². The SMILES string of the molecule is O=C(NCCSC1CCCC1)c1ccc(N2CCCCC2)cc1. The summed E-state index contributed by atoms with van der Waals surface area (Å²) in [4.78, 5) is 14.6. The third-order valence-corrected chi connectivity index (χ3v) is 6.28. The van der Waals surface area contributed by atoms with Gasteiger partial charge in [0.25, 0.3) is 5.91 Å². The van der Waals surface area contributed by atoms with E-state index in [4.69, 9.17) is 0 Å². The topological polar surface area (TPSA) is 32.3 Å². The minimum absolute atomic E-state index is 0.0576. The summed E-state index contributed by atoms with van der Waals surface area (Å²) >= 11 is 2.02. The fourth-order valence-electron chi connectivity index (χ4n) is 3.52. The summed E-state index contributed by atoms with van der Waals surface area (Å²) in [5.74, 6) is 1.09. The molecular formula is C19H28N2OS. The predicted octanol–water partition coefficient (Wildman–Crippen LogP) is 4.08. The van der Waals surface area contributed by atoms with E-state index in [9.17, 15) is 4.79 Å². The number of rotatable bonds is 6. The molecule has 3 rings (SSSR count). The van der Waals surface area contributed by atoms with Crippen molar-refractivity contribution in [2.45, 2.75) is 50.2 Å². The van der Waals surface area contributed by atoms with Gasteiger partial charge in [0.1, 0.15) is 0 Å². The van der Waals surface area contributed by atoms with Crippen LogP contribution in [-0.4, -0.2) is 36.5 Å². The molecular weight excluding hydrogens is 304 g/mol. The molecule has 0 radical (unpaired) electrons. The monoisotopic (exact) mass is 332 g/mol. The van der Waals surface area contributed by atoms with E-state index in [1.165, 1.54) is 50.6 Å². The van der Waals surface area contributed by atoms with E-state index in [0.717, 1.165) is 36.2 Å². The molecule has 1 N–H and O–H groups in total. The summed E-state index contributed by atoms with van der Waals surface area (Å²) in [7, 11) is 0. The highest BCUT2D eigenvalue weighted by Gasteiger charge is 2.15. The molecule has 0 unspecified atom stereocenters. The third kappa shape index (κ3) is 4.90. The Bertz CT molecular complexity index is 491. The number of amides is 1. The Morgan fingerprint density at radius 1 is 1.04 bits per heavy atom. The summed E-state index contributed by atoms with van der Waals surface area (Å²) in [6.07, 6.45) is 9.38. The van der Waals surface area contributed by atoms with E-state index < -0.39 is 0 Å². The number of carbonyl (C=O) groups excluding carboxylic acids is 1. The van der Waals surface area contributed by atoms with Crippen LogP contribution in [0.3, 0.4) is 0 Å². The second kappa shape index (κ2) is 8.62. The van der Waals surface area contributed by atoms with Crippen LogP contribution >= 0.6 is 11.8 Å². The number of hydrogen-bond donors (Lipinski definition) is 1. The molecule has 0 bridgehead atoms. The molecule has 2 fully saturated rings. The number of carbonyl (C=O) groups is 1. The minimum atomic E-state index is 0.0576. The molecule has 0 spiro atoms. The summed E-state index contributed by atoms with van der Waals surface area (Å²) in [6, 6.07) is 8.10. The van der Waals surface area contributed by atoms with Gasteiger partial charge >= 0.3 is 0 Å². The number of nitrogens with zero attached hydrogens (tertiary/aromatic N) is 1. The maximum Gasteiger partial charge on any atom is 0.251 e. The molecule has 0 aromatic heterocycles. The Labute approximate surface area is 144 Å². The van der Waals surface area contributed by atoms with Crippen LogP contribution in [0.25, 0.3) is 0 Å². The van der Waals surface area contributed by atoms with Gasteiger partial charge < -0.3 is 10.2 Å². The van der Waals surface area contributed by atoms with Gasteiger partial charge in [0.2, 0.25) is 0 Å². The normalized spacial score (nSPS) is 19.0. The van der Waals surface area contributed by atoms with E-state index in [0.29, 0.717) is 0 Å². The standard InChI is InChI=1S/C19H28N2OS/c22-19(20-12-15-23-18-6-2-3-7-18)16-8-10-17(11-9-16)21-13-4-1-5-14-21/h8-11,18H,1-7,12-15H2,(H,20,22). The van der Waals surface area contributed by atoms with E-state index in [2.05, 4.69) is 22.3 Å². The number of benzene rings is 1. The second-order valence-electron chi connectivity index (χ2n) is 6.63. The van der Waals surface area contributed by atoms with Crippen molar-refractivity contribution in [2.24, 2.45) is 0 Å². The van der Waals surface area contributed by atoms with Gasteiger partial charge in [-0.05, 0) is 56.4 Å². The fourth-order valence-corrected chi connectivity index (χ4v) is 4.74. The highest BCUT2D eigenvalue weighted by Crippen LogP contribution is 2.28.